The first-order valence-electron chi connectivity index (χ1n) is 16.0. The predicted molar refractivity (Wildman–Crippen MR) is 185 cm³/mol. The number of benzene rings is 3. The van der Waals surface area contributed by atoms with Gasteiger partial charge >= 0.3 is 0 Å². The van der Waals surface area contributed by atoms with Crippen LogP contribution in [0.5, 0.6) is 0 Å². The predicted octanol–water partition coefficient (Wildman–Crippen LogP) is 6.41. The van der Waals surface area contributed by atoms with Gasteiger partial charge in [-0.1, -0.05) is 18.2 Å². The molecule has 1 amide bonds. The number of nitrogens with one attached hydrogen (secondary N) is 1. The number of hydrogen-bond donors (Lipinski definition) is 2. The lowest BCUT2D eigenvalue weighted by molar-refractivity contribution is -0.166. The highest BCUT2D eigenvalue weighted by Gasteiger charge is 2.39. The number of aromatic nitrogens is 1. The second-order valence-electron chi connectivity index (χ2n) is 11.4. The third-order valence-electron chi connectivity index (χ3n) is 8.14. The van der Waals surface area contributed by atoms with Gasteiger partial charge in [0, 0.05) is 41.9 Å². The summed E-state index contributed by atoms with van der Waals surface area (Å²) in [5.41, 5.74) is 4.37. The van der Waals surface area contributed by atoms with Crippen molar-refractivity contribution in [1.29, 1.82) is 0 Å². The van der Waals surface area contributed by atoms with Gasteiger partial charge in [-0.25, -0.2) is 4.98 Å². The number of para-hydroxylation sites is 1. The molecule has 0 unspecified atom stereocenters. The summed E-state index contributed by atoms with van der Waals surface area (Å²) in [6, 6.07) is 20.8. The van der Waals surface area contributed by atoms with Crippen LogP contribution in [-0.2, 0) is 23.7 Å². The van der Waals surface area contributed by atoms with E-state index in [1.807, 2.05) is 49.4 Å². The normalized spacial score (nSPS) is 17.7. The molecule has 0 saturated heterocycles. The number of thiazole rings is 1. The maximum atomic E-state index is 13.8. The molecular formula is C37H38N2O8S. The molecule has 11 heteroatoms. The fourth-order valence-electron chi connectivity index (χ4n) is 5.77. The van der Waals surface area contributed by atoms with E-state index in [-0.39, 0.29) is 30.3 Å². The van der Waals surface area contributed by atoms with Gasteiger partial charge in [0.2, 0.25) is 6.29 Å². The van der Waals surface area contributed by atoms with E-state index in [1.165, 1.54) is 11.8 Å². The van der Waals surface area contributed by atoms with Crippen molar-refractivity contribution in [3.8, 4) is 10.6 Å². The molecule has 0 saturated carbocycles. The third kappa shape index (κ3) is 7.67. The summed E-state index contributed by atoms with van der Waals surface area (Å²) in [4.78, 5) is 32.2. The number of carbonyl (C=O) groups is 1. The fourth-order valence-corrected chi connectivity index (χ4v) is 6.84. The van der Waals surface area contributed by atoms with Gasteiger partial charge in [-0.05, 0) is 80.4 Å². The molecule has 1 aliphatic rings. The number of aliphatic hydroxyl groups excluding tert-OH is 1. The van der Waals surface area contributed by atoms with Gasteiger partial charge in [-0.3, -0.25) is 9.59 Å². The van der Waals surface area contributed by atoms with Gasteiger partial charge in [0.05, 0.1) is 48.3 Å². The molecule has 3 atom stereocenters. The average molecular weight is 671 g/mol. The van der Waals surface area contributed by atoms with Crippen LogP contribution in [-0.4, -0.2) is 61.9 Å². The van der Waals surface area contributed by atoms with Crippen molar-refractivity contribution in [2.45, 2.75) is 32.5 Å². The van der Waals surface area contributed by atoms with Crippen LogP contribution in [0.25, 0.3) is 31.8 Å². The Bertz CT molecular complexity index is 1950. The van der Waals surface area contributed by atoms with Gasteiger partial charge in [-0.2, -0.15) is 0 Å². The molecule has 3 aromatic carbocycles. The quantitative estimate of drug-likeness (QED) is 0.129. The lowest BCUT2D eigenvalue weighted by atomic mass is 9.81. The molecule has 1 aliphatic heterocycles. The summed E-state index contributed by atoms with van der Waals surface area (Å²) in [6.45, 7) is 5.46. The number of amides is 1. The van der Waals surface area contributed by atoms with Gasteiger partial charge in [0.15, 0.2) is 11.2 Å². The van der Waals surface area contributed by atoms with Crippen molar-refractivity contribution in [2.75, 3.05) is 45.0 Å². The number of allylic oxidation sites excluding steroid dienone is 1. The van der Waals surface area contributed by atoms with Crippen molar-refractivity contribution in [2.24, 2.45) is 5.92 Å². The highest BCUT2D eigenvalue weighted by molar-refractivity contribution is 7.21. The number of carbonyl (C=O) groups excluding carboxylic acids is 1. The van der Waals surface area contributed by atoms with Crippen LogP contribution in [0.4, 0.5) is 5.69 Å². The van der Waals surface area contributed by atoms with Gasteiger partial charge in [0.25, 0.3) is 5.91 Å². The number of aliphatic hydroxyl groups is 1. The molecule has 0 aliphatic carbocycles. The summed E-state index contributed by atoms with van der Waals surface area (Å²) >= 11 is 1.62. The van der Waals surface area contributed by atoms with E-state index < -0.39 is 18.1 Å². The van der Waals surface area contributed by atoms with Gasteiger partial charge < -0.3 is 33.8 Å². The minimum absolute atomic E-state index is 0.0474. The average Bonchev–Trinajstić information content (AvgIpc) is 3.52. The maximum absolute atomic E-state index is 13.8. The Labute approximate surface area is 281 Å². The molecule has 3 heterocycles. The number of nitrogens with zero attached hydrogens (tertiary/aromatic N) is 1. The molecule has 0 spiro atoms. The number of rotatable bonds is 14. The molecule has 5 aromatic rings. The summed E-state index contributed by atoms with van der Waals surface area (Å²) in [5, 5.41) is 13.2. The lowest BCUT2D eigenvalue weighted by Crippen LogP contribution is -2.39. The number of hydrogen-bond acceptors (Lipinski definition) is 10. The van der Waals surface area contributed by atoms with E-state index in [9.17, 15) is 9.59 Å². The summed E-state index contributed by atoms with van der Waals surface area (Å²) in [7, 11) is 0. The Hall–Kier alpha value is -4.39. The smallest absolute Gasteiger partial charge is 0.290 e. The second-order valence-corrected chi connectivity index (χ2v) is 12.5. The molecule has 0 bridgehead atoms. The van der Waals surface area contributed by atoms with Crippen LogP contribution in [0.1, 0.15) is 30.4 Å². The molecule has 0 radical (unpaired) electrons. The molecule has 0 fully saturated rings. The van der Waals surface area contributed by atoms with Crippen LogP contribution in [0.3, 0.4) is 0 Å². The minimum Gasteiger partial charge on any atom is -0.464 e. The number of anilines is 1. The third-order valence-corrected chi connectivity index (χ3v) is 9.21. The second kappa shape index (κ2) is 15.7. The van der Waals surface area contributed by atoms with Crippen LogP contribution in [0.2, 0.25) is 0 Å². The maximum Gasteiger partial charge on any atom is 0.290 e. The molecular weight excluding hydrogens is 632 g/mol. The summed E-state index contributed by atoms with van der Waals surface area (Å²) in [6.07, 6.45) is 2.79. The molecule has 250 valence electrons. The Morgan fingerprint density at radius 1 is 1.02 bits per heavy atom. The van der Waals surface area contributed by atoms with E-state index in [2.05, 4.69) is 18.3 Å². The highest BCUT2D eigenvalue weighted by Crippen LogP contribution is 2.39. The molecule has 48 heavy (non-hydrogen) atoms. The van der Waals surface area contributed by atoms with Crippen LogP contribution >= 0.6 is 11.3 Å². The van der Waals surface area contributed by atoms with Crippen molar-refractivity contribution in [3.63, 3.8) is 0 Å². The molecule has 6 rings (SSSR count). The lowest BCUT2D eigenvalue weighted by Gasteiger charge is -2.36. The molecule has 2 aromatic heterocycles. The highest BCUT2D eigenvalue weighted by atomic mass is 32.1. The van der Waals surface area contributed by atoms with Gasteiger partial charge in [-0.15, -0.1) is 11.3 Å². The van der Waals surface area contributed by atoms with E-state index in [4.69, 9.17) is 33.5 Å². The van der Waals surface area contributed by atoms with E-state index in [0.29, 0.717) is 55.1 Å². The zero-order chi connectivity index (χ0) is 33.5. The minimum atomic E-state index is -0.823. The van der Waals surface area contributed by atoms with E-state index >= 15 is 0 Å². The number of aryl methyl sites for hydroxylation is 1. The number of fused-ring (bicyclic) bond motifs is 2. The van der Waals surface area contributed by atoms with Crippen molar-refractivity contribution >= 4 is 44.1 Å². The van der Waals surface area contributed by atoms with E-state index in [0.717, 1.165) is 20.8 Å². The Balaban J connectivity index is 1.24. The summed E-state index contributed by atoms with van der Waals surface area (Å²) < 4.78 is 30.3. The van der Waals surface area contributed by atoms with Crippen molar-refractivity contribution in [1.82, 2.24) is 4.98 Å². The van der Waals surface area contributed by atoms with Crippen molar-refractivity contribution in [3.05, 3.63) is 106 Å². The molecule has 10 nitrogen and oxygen atoms in total. The van der Waals surface area contributed by atoms with Crippen LogP contribution in [0.15, 0.2) is 94.0 Å². The number of ether oxygens (including phenoxy) is 4. The first-order chi connectivity index (χ1) is 23.4. The zero-order valence-corrected chi connectivity index (χ0v) is 27.7. The Kier molecular flexibility index (Phi) is 10.9. The summed E-state index contributed by atoms with van der Waals surface area (Å²) in [5.74, 6) is -1.34. The van der Waals surface area contributed by atoms with Crippen LogP contribution in [0, 0.1) is 12.8 Å². The first-order valence-corrected chi connectivity index (χ1v) is 16.8. The Morgan fingerprint density at radius 3 is 2.60 bits per heavy atom. The molecule has 2 N–H and O–H groups in total. The van der Waals surface area contributed by atoms with Gasteiger partial charge in [0.1, 0.15) is 10.6 Å². The Morgan fingerprint density at radius 2 is 1.81 bits per heavy atom. The van der Waals surface area contributed by atoms with Crippen LogP contribution < -0.4 is 10.7 Å². The largest absolute Gasteiger partial charge is 0.464 e. The first kappa shape index (κ1) is 33.5. The fraction of sp³-hybridized carbons (Fsp3) is 0.324. The SMILES string of the molecule is CCO[C@@H]1OC(C(=O)Nc2ccc(-c3nc4ccc(C)cc4s3)cc2)=C[C@H](c2coc3ccccc3c2=O)[C@@H]1CCOCCOCCO. The standard InChI is InChI=1S/C37H38N2O8S/c1-3-45-37-26(14-16-43-18-19-44-17-15-40)28(29-22-46-31-7-5-4-6-27(31)34(29)41)21-32(47-37)35(42)38-25-11-9-24(10-12-25)36-39-30-13-8-23(2)20-33(30)48-36/h4-13,20-22,26,28,37,40H,3,14-19H2,1-2H3,(H,38,42)/t26-,28-,37+/m0/s1. The monoisotopic (exact) mass is 670 g/mol. The van der Waals surface area contributed by atoms with E-state index in [1.54, 1.807) is 35.6 Å². The van der Waals surface area contributed by atoms with Crippen molar-refractivity contribution < 1.29 is 33.3 Å². The topological polar surface area (TPSA) is 129 Å². The zero-order valence-electron chi connectivity index (χ0n) is 26.8.